The van der Waals surface area contributed by atoms with Gasteiger partial charge in [-0.2, -0.15) is 4.99 Å². The highest BCUT2D eigenvalue weighted by atomic mass is 32.2. The Balaban J connectivity index is 1.25. The quantitative estimate of drug-likeness (QED) is 0.305. The molecule has 3 amide bonds. The summed E-state index contributed by atoms with van der Waals surface area (Å²) < 4.78 is 47.6. The molecule has 41 heavy (non-hydrogen) atoms. The van der Waals surface area contributed by atoms with Crippen LogP contribution in [-0.4, -0.2) is 51.1 Å². The van der Waals surface area contributed by atoms with Gasteiger partial charge in [0.2, 0.25) is 5.91 Å². The van der Waals surface area contributed by atoms with Crippen LogP contribution in [-0.2, 0) is 4.79 Å². The molecule has 1 N–H and O–H groups in total. The smallest absolute Gasteiger partial charge is 0.497 e. The Morgan fingerprint density at radius 3 is 2.41 bits per heavy atom. The Morgan fingerprint density at radius 2 is 1.76 bits per heavy atom. The lowest BCUT2D eigenvalue weighted by atomic mass is 10.1. The zero-order valence-electron chi connectivity index (χ0n) is 21.5. The average molecular weight is 583 g/mol. The summed E-state index contributed by atoms with van der Waals surface area (Å²) in [7, 11) is 1.56. The maximum absolute atomic E-state index is 12.7. The van der Waals surface area contributed by atoms with Gasteiger partial charge < -0.3 is 14.8 Å². The van der Waals surface area contributed by atoms with Crippen LogP contribution >= 0.6 is 11.8 Å². The van der Waals surface area contributed by atoms with Gasteiger partial charge in [0.25, 0.3) is 0 Å². The van der Waals surface area contributed by atoms with E-state index < -0.39 is 12.4 Å². The van der Waals surface area contributed by atoms with E-state index in [0.29, 0.717) is 34.2 Å². The highest BCUT2D eigenvalue weighted by molar-refractivity contribution is 8.15. The van der Waals surface area contributed by atoms with Crippen LogP contribution in [0.25, 0.3) is 17.1 Å². The van der Waals surface area contributed by atoms with E-state index in [0.717, 1.165) is 5.56 Å². The summed E-state index contributed by atoms with van der Waals surface area (Å²) in [6, 6.07) is 16.5. The first-order valence-electron chi connectivity index (χ1n) is 12.0. The Hall–Kier alpha value is -4.85. The van der Waals surface area contributed by atoms with Gasteiger partial charge in [0.1, 0.15) is 17.8 Å². The first-order valence-corrected chi connectivity index (χ1v) is 13.0. The number of ether oxygens (including phenoxy) is 2. The van der Waals surface area contributed by atoms with Crippen molar-refractivity contribution in [2.75, 3.05) is 23.1 Å². The van der Waals surface area contributed by atoms with Crippen molar-refractivity contribution in [2.45, 2.75) is 13.3 Å². The predicted octanol–water partition coefficient (Wildman–Crippen LogP) is 5.82. The number of alkyl halides is 3. The number of methoxy groups -OCH3 is 1. The topological polar surface area (TPSA) is 111 Å². The second-order valence-corrected chi connectivity index (χ2v) is 9.57. The number of hydrogen-bond acceptors (Lipinski definition) is 7. The zero-order valence-corrected chi connectivity index (χ0v) is 22.4. The number of hydrogen-bond donors (Lipinski definition) is 1. The van der Waals surface area contributed by atoms with Crippen molar-refractivity contribution in [3.05, 3.63) is 78.6 Å². The molecule has 0 bridgehead atoms. The molecule has 210 valence electrons. The third-order valence-electron chi connectivity index (χ3n) is 5.83. The summed E-state index contributed by atoms with van der Waals surface area (Å²) in [6.07, 6.45) is -3.34. The lowest BCUT2D eigenvalue weighted by Gasteiger charge is -2.18. The fraction of sp³-hybridized carbons (Fsp3) is 0.148. The lowest BCUT2D eigenvalue weighted by Crippen LogP contribution is -2.30. The van der Waals surface area contributed by atoms with E-state index in [-0.39, 0.29) is 22.6 Å². The normalized spacial score (nSPS) is 14.4. The van der Waals surface area contributed by atoms with E-state index in [1.807, 2.05) is 6.92 Å². The molecule has 1 aromatic heterocycles. The minimum Gasteiger partial charge on any atom is -0.497 e. The van der Waals surface area contributed by atoms with Crippen LogP contribution in [0.4, 0.5) is 29.3 Å². The van der Waals surface area contributed by atoms with E-state index >= 15 is 0 Å². The van der Waals surface area contributed by atoms with Crippen LogP contribution in [0.1, 0.15) is 5.56 Å². The number of benzene rings is 3. The van der Waals surface area contributed by atoms with Crippen molar-refractivity contribution in [1.29, 1.82) is 0 Å². The summed E-state index contributed by atoms with van der Waals surface area (Å²) >= 11 is 1.17. The number of nitrogens with zero attached hydrogens (tertiary/aromatic N) is 5. The number of amides is 3. The maximum Gasteiger partial charge on any atom is 0.573 e. The Labute approximate surface area is 235 Å². The summed E-state index contributed by atoms with van der Waals surface area (Å²) in [5, 5.41) is 7.31. The lowest BCUT2D eigenvalue weighted by molar-refractivity contribution is -0.274. The largest absolute Gasteiger partial charge is 0.573 e. The Bertz CT molecular complexity index is 1620. The van der Waals surface area contributed by atoms with Gasteiger partial charge in [0, 0.05) is 11.3 Å². The molecule has 0 aliphatic carbocycles. The van der Waals surface area contributed by atoms with Crippen LogP contribution < -0.4 is 19.7 Å². The fourth-order valence-corrected chi connectivity index (χ4v) is 4.81. The maximum atomic E-state index is 12.7. The second-order valence-electron chi connectivity index (χ2n) is 8.63. The van der Waals surface area contributed by atoms with Crippen molar-refractivity contribution < 1.29 is 32.2 Å². The van der Waals surface area contributed by atoms with Crippen LogP contribution in [0, 0.1) is 6.92 Å². The van der Waals surface area contributed by atoms with Crippen LogP contribution in [0.3, 0.4) is 0 Å². The van der Waals surface area contributed by atoms with Crippen molar-refractivity contribution in [1.82, 2.24) is 14.8 Å². The van der Waals surface area contributed by atoms with Crippen molar-refractivity contribution >= 4 is 40.2 Å². The number of amidine groups is 1. The third-order valence-corrected chi connectivity index (χ3v) is 6.75. The summed E-state index contributed by atoms with van der Waals surface area (Å²) in [5.74, 6) is 0.658. The van der Waals surface area contributed by atoms with Crippen LogP contribution in [0.5, 0.6) is 11.5 Å². The highest BCUT2D eigenvalue weighted by Crippen LogP contribution is 2.32. The molecular formula is C27H21F3N6O4S. The number of urea groups is 1. The number of halogens is 3. The molecule has 14 heteroatoms. The first-order chi connectivity index (χ1) is 19.6. The Morgan fingerprint density at radius 1 is 1.05 bits per heavy atom. The zero-order chi connectivity index (χ0) is 29.1. The van der Waals surface area contributed by atoms with Crippen molar-refractivity contribution in [3.8, 4) is 28.6 Å². The number of aromatic nitrogens is 3. The van der Waals surface area contributed by atoms with E-state index in [2.05, 4.69) is 25.1 Å². The molecule has 0 saturated carbocycles. The molecule has 4 aromatic rings. The number of aryl methyl sites for hydroxylation is 1. The predicted molar refractivity (Wildman–Crippen MR) is 148 cm³/mol. The van der Waals surface area contributed by atoms with E-state index in [9.17, 15) is 22.8 Å². The number of aliphatic imine (C=N–C) groups is 1. The molecule has 0 atom stereocenters. The fourth-order valence-electron chi connectivity index (χ4n) is 3.95. The molecular weight excluding hydrogens is 561 g/mol. The Kier molecular flexibility index (Phi) is 7.66. The molecule has 3 aromatic carbocycles. The standard InChI is InChI=1S/C27H21F3N6O4S/c1-16-13-21(39-2)11-12-22(16)36-23(37)14-41-26(36)33-25(38)32-18-5-3-17(4-6-18)24-31-15-35(34-24)19-7-9-20(10-8-19)40-27(28,29)30/h3-13,15H,14H2,1-2H3,(H,32,38). The molecule has 1 aliphatic heterocycles. The van der Waals surface area contributed by atoms with Gasteiger partial charge in [-0.15, -0.1) is 18.3 Å². The molecule has 1 aliphatic rings. The molecule has 1 saturated heterocycles. The third kappa shape index (κ3) is 6.49. The monoisotopic (exact) mass is 582 g/mol. The van der Waals surface area contributed by atoms with Gasteiger partial charge in [-0.1, -0.05) is 11.8 Å². The van der Waals surface area contributed by atoms with Gasteiger partial charge in [-0.25, -0.2) is 14.5 Å². The van der Waals surface area contributed by atoms with Crippen molar-refractivity contribution in [3.63, 3.8) is 0 Å². The minimum absolute atomic E-state index is 0.164. The number of carbonyl (C=O) groups excluding carboxylic acids is 2. The van der Waals surface area contributed by atoms with E-state index in [1.165, 1.54) is 51.9 Å². The number of carbonyl (C=O) groups is 2. The van der Waals surface area contributed by atoms with E-state index in [1.54, 1.807) is 49.6 Å². The average Bonchev–Trinajstić information content (AvgIpc) is 3.56. The van der Waals surface area contributed by atoms with Gasteiger partial charge in [0.15, 0.2) is 11.0 Å². The van der Waals surface area contributed by atoms with Crippen LogP contribution in [0.15, 0.2) is 78.0 Å². The molecule has 0 unspecified atom stereocenters. The van der Waals surface area contributed by atoms with E-state index in [4.69, 9.17) is 4.74 Å². The second kappa shape index (κ2) is 11.3. The van der Waals surface area contributed by atoms with Crippen molar-refractivity contribution in [2.24, 2.45) is 4.99 Å². The van der Waals surface area contributed by atoms with Crippen LogP contribution in [0.2, 0.25) is 0 Å². The summed E-state index contributed by atoms with van der Waals surface area (Å²) in [5.41, 5.74) is 3.01. The molecule has 5 rings (SSSR count). The SMILES string of the molecule is COc1ccc(N2C(=O)CSC2=NC(=O)Nc2ccc(-c3ncn(-c4ccc(OC(F)(F)F)cc4)n3)cc2)c(C)c1. The molecule has 0 spiro atoms. The first kappa shape index (κ1) is 27.7. The molecule has 2 heterocycles. The van der Waals surface area contributed by atoms with Gasteiger partial charge in [-0.3, -0.25) is 9.69 Å². The minimum atomic E-state index is -4.77. The molecule has 1 fully saturated rings. The van der Waals surface area contributed by atoms with Gasteiger partial charge in [0.05, 0.1) is 24.2 Å². The summed E-state index contributed by atoms with van der Waals surface area (Å²) in [6.45, 7) is 1.84. The van der Waals surface area contributed by atoms with Gasteiger partial charge in [-0.05, 0) is 79.2 Å². The molecule has 10 nitrogen and oxygen atoms in total. The van der Waals surface area contributed by atoms with Gasteiger partial charge >= 0.3 is 12.4 Å². The highest BCUT2D eigenvalue weighted by Gasteiger charge is 2.32. The number of nitrogens with one attached hydrogen (secondary N) is 1. The molecule has 0 radical (unpaired) electrons. The summed E-state index contributed by atoms with van der Waals surface area (Å²) in [4.78, 5) is 35.0. The number of rotatable bonds is 6. The number of anilines is 2. The number of thioether (sulfide) groups is 1.